The fourth-order valence-corrected chi connectivity index (χ4v) is 1.56. The van der Waals surface area contributed by atoms with Crippen LogP contribution in [0, 0.1) is 0 Å². The molecule has 0 atom stereocenters. The fraction of sp³-hybridized carbons (Fsp3) is 0.412. The van der Waals surface area contributed by atoms with Gasteiger partial charge in [0.2, 0.25) is 0 Å². The number of rotatable bonds is 4. The number of halogens is 1. The molecule has 0 bridgehead atoms. The molecule has 0 saturated carbocycles. The molecule has 0 unspecified atom stereocenters. The van der Waals surface area contributed by atoms with Crippen LogP contribution in [0.3, 0.4) is 0 Å². The van der Waals surface area contributed by atoms with Crippen LogP contribution in [0.4, 0.5) is 4.39 Å². The maximum absolute atomic E-state index is 12.9. The number of ether oxygens (including phenoxy) is 1. The number of hydrogen-bond acceptors (Lipinski definition) is 3. The average Bonchev–Trinajstić information content (AvgIpc) is 2.48. The van der Waals surface area contributed by atoms with Gasteiger partial charge in [-0.2, -0.15) is 0 Å². The molecule has 1 aromatic heterocycles. The number of aromatic nitrogens is 1. The van der Waals surface area contributed by atoms with Gasteiger partial charge in [-0.1, -0.05) is 27.4 Å². The minimum Gasteiger partial charge on any atom is -0.465 e. The Hall–Kier alpha value is -1.97. The van der Waals surface area contributed by atoms with E-state index in [9.17, 15) is 9.18 Å². The van der Waals surface area contributed by atoms with Gasteiger partial charge in [-0.3, -0.25) is 4.98 Å². The average molecular weight is 295 g/mol. The molecule has 21 heavy (non-hydrogen) atoms. The molecule has 0 aliphatic heterocycles. The van der Waals surface area contributed by atoms with Crippen molar-refractivity contribution in [3.05, 3.63) is 53.1 Å². The lowest BCUT2D eigenvalue weighted by molar-refractivity contribution is 0.0599. The monoisotopic (exact) mass is 295 g/mol. The van der Waals surface area contributed by atoms with E-state index in [0.29, 0.717) is 17.7 Å². The molecule has 0 aliphatic carbocycles. The largest absolute Gasteiger partial charge is 0.465 e. The second-order valence-electron chi connectivity index (χ2n) is 3.76. The minimum absolute atomic E-state index is 0. The summed E-state index contributed by atoms with van der Waals surface area (Å²) in [6.07, 6.45) is 5.21. The molecule has 3 nitrogen and oxygen atoms in total. The third-order valence-corrected chi connectivity index (χ3v) is 2.42. The van der Waals surface area contributed by atoms with Crippen LogP contribution in [0.25, 0.3) is 0 Å². The maximum atomic E-state index is 12.9. The Morgan fingerprint density at radius 1 is 1.43 bits per heavy atom. The van der Waals surface area contributed by atoms with E-state index in [1.165, 1.54) is 20.1 Å². The quantitative estimate of drug-likeness (QED) is 0.586. The van der Waals surface area contributed by atoms with Gasteiger partial charge >= 0.3 is 5.97 Å². The van der Waals surface area contributed by atoms with E-state index in [-0.39, 0.29) is 13.3 Å². The van der Waals surface area contributed by atoms with Crippen molar-refractivity contribution in [3.8, 4) is 0 Å². The van der Waals surface area contributed by atoms with Gasteiger partial charge in [0.25, 0.3) is 0 Å². The van der Waals surface area contributed by atoms with Crippen LogP contribution >= 0.6 is 0 Å². The number of pyridine rings is 1. The lowest BCUT2D eigenvalue weighted by Gasteiger charge is -2.07. The molecule has 0 spiro atoms. The van der Waals surface area contributed by atoms with Crippen molar-refractivity contribution in [2.75, 3.05) is 7.11 Å². The molecule has 0 amide bonds. The zero-order valence-corrected chi connectivity index (χ0v) is 12.7. The van der Waals surface area contributed by atoms with E-state index in [0.717, 1.165) is 5.57 Å². The summed E-state index contributed by atoms with van der Waals surface area (Å²) < 4.78 is 17.6. The Morgan fingerprint density at radius 3 is 2.52 bits per heavy atom. The minimum atomic E-state index is -0.436. The zero-order chi connectivity index (χ0) is 15.5. The molecule has 0 aliphatic rings. The van der Waals surface area contributed by atoms with Crippen molar-refractivity contribution in [3.63, 3.8) is 0 Å². The summed E-state index contributed by atoms with van der Waals surface area (Å²) in [7, 11) is 1.32. The highest BCUT2D eigenvalue weighted by Gasteiger charge is 2.12. The summed E-state index contributed by atoms with van der Waals surface area (Å²) in [5, 5.41) is 0. The Morgan fingerprint density at radius 2 is 2.05 bits per heavy atom. The summed E-state index contributed by atoms with van der Waals surface area (Å²) in [5.74, 6) is -0.715. The van der Waals surface area contributed by atoms with E-state index in [1.807, 2.05) is 20.8 Å². The van der Waals surface area contributed by atoms with Crippen LogP contribution < -0.4 is 0 Å². The highest BCUT2D eigenvalue weighted by Crippen LogP contribution is 2.14. The lowest BCUT2D eigenvalue weighted by Crippen LogP contribution is -2.08. The molecule has 1 heterocycles. The number of nitrogens with zero attached hydrogens (tertiary/aromatic N) is 1. The van der Waals surface area contributed by atoms with Gasteiger partial charge in [-0.25, -0.2) is 9.18 Å². The maximum Gasteiger partial charge on any atom is 0.339 e. The topological polar surface area (TPSA) is 39.2 Å². The van der Waals surface area contributed by atoms with Crippen molar-refractivity contribution >= 4 is 5.97 Å². The summed E-state index contributed by atoms with van der Waals surface area (Å²) in [6, 6.07) is 3.31. The van der Waals surface area contributed by atoms with Crippen molar-refractivity contribution in [1.29, 1.82) is 0 Å². The molecule has 0 radical (unpaired) electrons. The highest BCUT2D eigenvalue weighted by molar-refractivity contribution is 5.90. The third kappa shape index (κ3) is 7.40. The predicted octanol–water partition coefficient (Wildman–Crippen LogP) is 4.89. The van der Waals surface area contributed by atoms with Crippen LogP contribution in [0.1, 0.15) is 51.2 Å². The van der Waals surface area contributed by atoms with Crippen molar-refractivity contribution < 1.29 is 13.9 Å². The van der Waals surface area contributed by atoms with E-state index >= 15 is 0 Å². The molecule has 1 rings (SSSR count). The molecule has 1 aromatic rings. The number of esters is 1. The Bertz CT molecular complexity index is 489. The summed E-state index contributed by atoms with van der Waals surface area (Å²) >= 11 is 0. The summed E-state index contributed by atoms with van der Waals surface area (Å²) in [5.41, 5.74) is 1.75. The van der Waals surface area contributed by atoms with E-state index < -0.39 is 5.97 Å². The van der Waals surface area contributed by atoms with Crippen molar-refractivity contribution in [2.24, 2.45) is 0 Å². The number of hydrogen-bond donors (Lipinski definition) is 0. The Kier molecular flexibility index (Phi) is 12.0. The Balaban J connectivity index is 0. The van der Waals surface area contributed by atoms with Crippen LogP contribution in [-0.4, -0.2) is 18.1 Å². The first-order valence-electron chi connectivity index (χ1n) is 6.59. The van der Waals surface area contributed by atoms with Gasteiger partial charge < -0.3 is 4.74 Å². The standard InChI is InChI=1S/C14H16FNO2.C2H6.CH4/c1-4-11(8-10(2)15)9-13-12(14(17)18-3)6-5-7-16-13;1-2;/h4-8H,9H2,1-3H3;1-2H3;1H4/b10-8+,11-4+;;. The normalized spacial score (nSPS) is 11.0. The second-order valence-corrected chi connectivity index (χ2v) is 3.76. The zero-order valence-electron chi connectivity index (χ0n) is 12.7. The summed E-state index contributed by atoms with van der Waals surface area (Å²) in [4.78, 5) is 15.7. The first-order valence-corrected chi connectivity index (χ1v) is 6.59. The SMILES string of the molecule is C.C/C=C(\C=C(/C)F)Cc1ncccc1C(=O)OC.CC. The second kappa shape index (κ2) is 11.8. The molecule has 0 saturated heterocycles. The number of allylic oxidation sites excluding steroid dienone is 4. The van der Waals surface area contributed by atoms with Crippen LogP contribution in [-0.2, 0) is 11.2 Å². The molecule has 0 N–H and O–H groups in total. The molecule has 0 aromatic carbocycles. The van der Waals surface area contributed by atoms with E-state index in [2.05, 4.69) is 9.72 Å². The van der Waals surface area contributed by atoms with Gasteiger partial charge in [0.15, 0.2) is 0 Å². The molecule has 0 fully saturated rings. The van der Waals surface area contributed by atoms with Crippen LogP contribution in [0.15, 0.2) is 41.9 Å². The molecule has 118 valence electrons. The van der Waals surface area contributed by atoms with Gasteiger partial charge in [0.1, 0.15) is 0 Å². The number of carbonyl (C=O) groups excluding carboxylic acids is 1. The van der Waals surface area contributed by atoms with Crippen molar-refractivity contribution in [2.45, 2.75) is 41.5 Å². The molecule has 4 heteroatoms. The molecular formula is C17H26FNO2. The number of methoxy groups -OCH3 is 1. The van der Waals surface area contributed by atoms with E-state index in [4.69, 9.17) is 0 Å². The van der Waals surface area contributed by atoms with Crippen LogP contribution in [0.5, 0.6) is 0 Å². The highest BCUT2D eigenvalue weighted by atomic mass is 19.1. The van der Waals surface area contributed by atoms with Crippen LogP contribution in [0.2, 0.25) is 0 Å². The van der Waals surface area contributed by atoms with Crippen molar-refractivity contribution in [1.82, 2.24) is 4.98 Å². The van der Waals surface area contributed by atoms with Gasteiger partial charge in [0.05, 0.1) is 24.2 Å². The van der Waals surface area contributed by atoms with E-state index in [1.54, 1.807) is 24.4 Å². The first-order chi connectivity index (χ1) is 9.58. The Labute approximate surface area is 127 Å². The van der Waals surface area contributed by atoms with Gasteiger partial charge in [-0.05, 0) is 37.6 Å². The molecular weight excluding hydrogens is 269 g/mol. The number of carbonyl (C=O) groups is 1. The summed E-state index contributed by atoms with van der Waals surface area (Å²) in [6.45, 7) is 7.19. The fourth-order valence-electron chi connectivity index (χ4n) is 1.56. The lowest BCUT2D eigenvalue weighted by atomic mass is 10.0. The van der Waals surface area contributed by atoms with Gasteiger partial charge in [0, 0.05) is 12.6 Å². The third-order valence-electron chi connectivity index (χ3n) is 2.42. The first kappa shape index (κ1) is 21.3. The predicted molar refractivity (Wildman–Crippen MR) is 86.0 cm³/mol. The van der Waals surface area contributed by atoms with Gasteiger partial charge in [-0.15, -0.1) is 0 Å². The smallest absolute Gasteiger partial charge is 0.339 e.